The number of methoxy groups -OCH3 is 1. The Bertz CT molecular complexity index is 835. The van der Waals surface area contributed by atoms with Crippen molar-refractivity contribution in [3.8, 4) is 5.75 Å². The standard InChI is InChI=1S/C18H15F3N2O2S/c1-25-14-7-5-13(6-8-14)22-17-23-16(24)15(26-17)10-11-3-2-4-12(9-11)18(19,20)21/h2-9,15H,10H2,1H3,(H,22,23,24). The minimum Gasteiger partial charge on any atom is -0.497 e. The molecular formula is C18H15F3N2O2S. The summed E-state index contributed by atoms with van der Waals surface area (Å²) in [5.74, 6) is 0.430. The third-order valence-electron chi connectivity index (χ3n) is 3.75. The molecule has 4 nitrogen and oxygen atoms in total. The monoisotopic (exact) mass is 380 g/mol. The molecule has 2 aromatic carbocycles. The van der Waals surface area contributed by atoms with Crippen LogP contribution in [-0.4, -0.2) is 23.4 Å². The molecule has 0 spiro atoms. The lowest BCUT2D eigenvalue weighted by Crippen LogP contribution is -2.26. The fourth-order valence-corrected chi connectivity index (χ4v) is 3.48. The van der Waals surface area contributed by atoms with Crippen LogP contribution >= 0.6 is 11.8 Å². The van der Waals surface area contributed by atoms with E-state index in [1.54, 1.807) is 37.4 Å². The minimum atomic E-state index is -4.40. The summed E-state index contributed by atoms with van der Waals surface area (Å²) in [6, 6.07) is 12.0. The van der Waals surface area contributed by atoms with E-state index >= 15 is 0 Å². The average molecular weight is 380 g/mol. The van der Waals surface area contributed by atoms with Gasteiger partial charge in [0.1, 0.15) is 5.75 Å². The van der Waals surface area contributed by atoms with Gasteiger partial charge in [-0.15, -0.1) is 0 Å². The van der Waals surface area contributed by atoms with Crippen LogP contribution in [-0.2, 0) is 17.4 Å². The van der Waals surface area contributed by atoms with Crippen molar-refractivity contribution in [2.45, 2.75) is 17.8 Å². The van der Waals surface area contributed by atoms with Crippen molar-refractivity contribution in [2.75, 3.05) is 7.11 Å². The van der Waals surface area contributed by atoms with Gasteiger partial charge in [-0.2, -0.15) is 13.2 Å². The highest BCUT2D eigenvalue weighted by Gasteiger charge is 2.33. The second-order valence-electron chi connectivity index (χ2n) is 5.61. The van der Waals surface area contributed by atoms with Crippen LogP contribution in [0.1, 0.15) is 11.1 Å². The van der Waals surface area contributed by atoms with E-state index in [1.807, 2.05) is 0 Å². The lowest BCUT2D eigenvalue weighted by atomic mass is 10.1. The molecule has 1 aliphatic rings. The highest BCUT2D eigenvalue weighted by molar-refractivity contribution is 8.15. The number of thioether (sulfide) groups is 1. The third kappa shape index (κ3) is 4.37. The SMILES string of the molecule is COc1ccc(/N=C2\NC(=O)C(Cc3cccc(C(F)(F)F)c3)S2)cc1. The summed E-state index contributed by atoms with van der Waals surface area (Å²) in [5.41, 5.74) is 0.386. The molecule has 1 saturated heterocycles. The Morgan fingerprint density at radius 3 is 2.58 bits per heavy atom. The summed E-state index contributed by atoms with van der Waals surface area (Å²) in [4.78, 5) is 16.5. The number of hydrogen-bond donors (Lipinski definition) is 1. The number of benzene rings is 2. The van der Waals surface area contributed by atoms with Crippen molar-refractivity contribution in [3.63, 3.8) is 0 Å². The van der Waals surface area contributed by atoms with Gasteiger partial charge in [-0.3, -0.25) is 4.79 Å². The summed E-state index contributed by atoms with van der Waals surface area (Å²) in [5, 5.41) is 2.58. The molecule has 1 unspecified atom stereocenters. The zero-order valence-electron chi connectivity index (χ0n) is 13.7. The van der Waals surface area contributed by atoms with E-state index in [-0.39, 0.29) is 12.3 Å². The molecule has 1 N–H and O–H groups in total. The Hall–Kier alpha value is -2.48. The number of nitrogens with one attached hydrogen (secondary N) is 1. The van der Waals surface area contributed by atoms with E-state index in [2.05, 4.69) is 10.3 Å². The first-order chi connectivity index (χ1) is 12.3. The van der Waals surface area contributed by atoms with Crippen LogP contribution < -0.4 is 10.1 Å². The first-order valence-corrected chi connectivity index (χ1v) is 8.59. The van der Waals surface area contributed by atoms with Crippen LogP contribution in [0.2, 0.25) is 0 Å². The number of carbonyl (C=O) groups excluding carboxylic acids is 1. The van der Waals surface area contributed by atoms with Crippen molar-refractivity contribution < 1.29 is 22.7 Å². The van der Waals surface area contributed by atoms with Gasteiger partial charge in [0, 0.05) is 0 Å². The van der Waals surface area contributed by atoms with Crippen molar-refractivity contribution in [2.24, 2.45) is 4.99 Å². The second kappa shape index (κ2) is 7.41. The lowest BCUT2D eigenvalue weighted by molar-refractivity contribution is -0.137. The van der Waals surface area contributed by atoms with Crippen LogP contribution in [0.3, 0.4) is 0 Å². The first kappa shape index (κ1) is 18.3. The molecule has 8 heteroatoms. The quantitative estimate of drug-likeness (QED) is 0.866. The zero-order chi connectivity index (χ0) is 18.7. The number of amides is 1. The van der Waals surface area contributed by atoms with Gasteiger partial charge in [-0.05, 0) is 42.3 Å². The second-order valence-corrected chi connectivity index (χ2v) is 6.80. The molecule has 0 aliphatic carbocycles. The highest BCUT2D eigenvalue weighted by atomic mass is 32.2. The first-order valence-electron chi connectivity index (χ1n) is 7.71. The zero-order valence-corrected chi connectivity index (χ0v) is 14.5. The topological polar surface area (TPSA) is 50.7 Å². The van der Waals surface area contributed by atoms with Gasteiger partial charge in [-0.25, -0.2) is 4.99 Å². The van der Waals surface area contributed by atoms with Gasteiger partial charge >= 0.3 is 6.18 Å². The Morgan fingerprint density at radius 1 is 1.19 bits per heavy atom. The summed E-state index contributed by atoms with van der Waals surface area (Å²) in [6.45, 7) is 0. The van der Waals surface area contributed by atoms with Crippen LogP contribution in [0.4, 0.5) is 18.9 Å². The van der Waals surface area contributed by atoms with E-state index in [0.717, 1.165) is 12.1 Å². The maximum atomic E-state index is 12.8. The summed E-state index contributed by atoms with van der Waals surface area (Å²) >= 11 is 1.21. The Balaban J connectivity index is 1.71. The molecule has 3 rings (SSSR count). The summed E-state index contributed by atoms with van der Waals surface area (Å²) < 4.78 is 43.5. The number of nitrogens with zero attached hydrogens (tertiary/aromatic N) is 1. The molecule has 1 amide bonds. The number of amidine groups is 1. The van der Waals surface area contributed by atoms with Crippen molar-refractivity contribution >= 4 is 28.5 Å². The minimum absolute atomic E-state index is 0.196. The van der Waals surface area contributed by atoms with E-state index in [9.17, 15) is 18.0 Å². The number of hydrogen-bond acceptors (Lipinski definition) is 4. The molecule has 0 saturated carbocycles. The number of halogens is 3. The molecule has 136 valence electrons. The fourth-order valence-electron chi connectivity index (χ4n) is 2.46. The summed E-state index contributed by atoms with van der Waals surface area (Å²) in [6.07, 6.45) is -4.20. The van der Waals surface area contributed by atoms with Crippen LogP contribution in [0.15, 0.2) is 53.5 Å². The van der Waals surface area contributed by atoms with Crippen molar-refractivity contribution in [1.82, 2.24) is 5.32 Å². The number of alkyl halides is 3. The molecular weight excluding hydrogens is 365 g/mol. The number of ether oxygens (including phenoxy) is 1. The molecule has 1 fully saturated rings. The Kier molecular flexibility index (Phi) is 5.22. The fraction of sp³-hybridized carbons (Fsp3) is 0.222. The number of rotatable bonds is 4. The lowest BCUT2D eigenvalue weighted by Gasteiger charge is -2.10. The molecule has 1 atom stereocenters. The maximum absolute atomic E-state index is 12.8. The molecule has 1 aliphatic heterocycles. The Labute approximate surface area is 152 Å². The molecule has 26 heavy (non-hydrogen) atoms. The molecule has 2 aromatic rings. The maximum Gasteiger partial charge on any atom is 0.416 e. The average Bonchev–Trinajstić information content (AvgIpc) is 2.94. The molecule has 0 aromatic heterocycles. The van der Waals surface area contributed by atoms with Gasteiger partial charge in [-0.1, -0.05) is 30.0 Å². The highest BCUT2D eigenvalue weighted by Crippen LogP contribution is 2.31. The van der Waals surface area contributed by atoms with Gasteiger partial charge < -0.3 is 10.1 Å². The largest absolute Gasteiger partial charge is 0.497 e. The van der Waals surface area contributed by atoms with Crippen molar-refractivity contribution in [3.05, 3.63) is 59.7 Å². The number of aliphatic imine (C=N–C) groups is 1. The molecule has 1 heterocycles. The normalized spacial score (nSPS) is 18.8. The van der Waals surface area contributed by atoms with E-state index < -0.39 is 17.0 Å². The van der Waals surface area contributed by atoms with Crippen LogP contribution in [0.5, 0.6) is 5.75 Å². The Morgan fingerprint density at radius 2 is 1.92 bits per heavy atom. The van der Waals surface area contributed by atoms with Crippen molar-refractivity contribution in [1.29, 1.82) is 0 Å². The van der Waals surface area contributed by atoms with E-state index in [0.29, 0.717) is 22.2 Å². The smallest absolute Gasteiger partial charge is 0.416 e. The van der Waals surface area contributed by atoms with Gasteiger partial charge in [0.25, 0.3) is 0 Å². The van der Waals surface area contributed by atoms with E-state index in [1.165, 1.54) is 17.8 Å². The molecule has 0 radical (unpaired) electrons. The van der Waals surface area contributed by atoms with E-state index in [4.69, 9.17) is 4.74 Å². The predicted molar refractivity (Wildman–Crippen MR) is 94.8 cm³/mol. The van der Waals surface area contributed by atoms with Gasteiger partial charge in [0.2, 0.25) is 5.91 Å². The summed E-state index contributed by atoms with van der Waals surface area (Å²) in [7, 11) is 1.56. The third-order valence-corrected chi connectivity index (χ3v) is 4.84. The van der Waals surface area contributed by atoms with Gasteiger partial charge in [0.15, 0.2) is 5.17 Å². The predicted octanol–water partition coefficient (Wildman–Crippen LogP) is 4.18. The van der Waals surface area contributed by atoms with Crippen LogP contribution in [0, 0.1) is 0 Å². The van der Waals surface area contributed by atoms with Crippen LogP contribution in [0.25, 0.3) is 0 Å². The molecule has 0 bridgehead atoms. The number of carbonyl (C=O) groups is 1. The van der Waals surface area contributed by atoms with Gasteiger partial charge in [0.05, 0.1) is 23.6 Å².